The number of hydrogen-bond acceptors (Lipinski definition) is 5. The predicted molar refractivity (Wildman–Crippen MR) is 88.0 cm³/mol. The van der Waals surface area contributed by atoms with Gasteiger partial charge < -0.3 is 15.0 Å². The maximum absolute atomic E-state index is 12.6. The number of nitrogens with one attached hydrogen (secondary N) is 1. The molecule has 0 aromatic rings. The van der Waals surface area contributed by atoms with Gasteiger partial charge in [-0.2, -0.15) is 0 Å². The molecule has 3 aliphatic rings. The molecule has 1 N–H and O–H groups in total. The van der Waals surface area contributed by atoms with Crippen molar-refractivity contribution < 1.29 is 22.7 Å². The van der Waals surface area contributed by atoms with E-state index in [1.165, 1.54) is 0 Å². The van der Waals surface area contributed by atoms with E-state index in [2.05, 4.69) is 5.32 Å². The Morgan fingerprint density at radius 1 is 1.25 bits per heavy atom. The molecule has 2 aliphatic heterocycles. The minimum atomic E-state index is -3.02. The third-order valence-corrected chi connectivity index (χ3v) is 7.00. The van der Waals surface area contributed by atoms with Crippen LogP contribution in [-0.4, -0.2) is 68.5 Å². The van der Waals surface area contributed by atoms with Crippen molar-refractivity contribution in [2.75, 3.05) is 31.2 Å². The fourth-order valence-electron chi connectivity index (χ4n) is 3.74. The lowest BCUT2D eigenvalue weighted by Crippen LogP contribution is -2.42. The highest BCUT2D eigenvalue weighted by molar-refractivity contribution is 7.91. The Morgan fingerprint density at radius 3 is 2.62 bits per heavy atom. The summed E-state index contributed by atoms with van der Waals surface area (Å²) in [5.41, 5.74) is 0. The molecule has 2 amide bonds. The van der Waals surface area contributed by atoms with Crippen molar-refractivity contribution in [2.45, 2.75) is 44.8 Å². The van der Waals surface area contributed by atoms with E-state index in [-0.39, 0.29) is 47.3 Å². The first-order chi connectivity index (χ1) is 11.4. The van der Waals surface area contributed by atoms with Crippen LogP contribution in [0.5, 0.6) is 0 Å². The number of hydrogen-bond donors (Lipinski definition) is 1. The summed E-state index contributed by atoms with van der Waals surface area (Å²) in [7, 11) is -3.02. The molecule has 1 saturated carbocycles. The lowest BCUT2D eigenvalue weighted by atomic mass is 10.1. The standard InChI is InChI=1S/C16H26N2O5S/c1-2-18(11-5-7-24(21,22)10-11)16(20)14-8-13(14)15(19)17-9-12-4-3-6-23-12/h11-14H,2-10H2,1H3,(H,17,19). The molecule has 0 spiro atoms. The van der Waals surface area contributed by atoms with Crippen LogP contribution < -0.4 is 5.32 Å². The summed E-state index contributed by atoms with van der Waals surface area (Å²) in [6, 6.07) is -0.233. The smallest absolute Gasteiger partial charge is 0.226 e. The van der Waals surface area contributed by atoms with E-state index in [9.17, 15) is 18.0 Å². The Hall–Kier alpha value is -1.15. The molecule has 4 unspecified atom stereocenters. The van der Waals surface area contributed by atoms with E-state index in [4.69, 9.17) is 4.74 Å². The largest absolute Gasteiger partial charge is 0.376 e. The van der Waals surface area contributed by atoms with Gasteiger partial charge in [-0.25, -0.2) is 8.42 Å². The number of sulfone groups is 1. The molecule has 3 rings (SSSR count). The summed E-state index contributed by atoms with van der Waals surface area (Å²) < 4.78 is 28.8. The SMILES string of the molecule is CCN(C(=O)C1CC1C(=O)NCC1CCCO1)C1CCS(=O)(=O)C1. The molecule has 2 saturated heterocycles. The summed E-state index contributed by atoms with van der Waals surface area (Å²) in [6.07, 6.45) is 3.16. The lowest BCUT2D eigenvalue weighted by molar-refractivity contribution is -0.136. The van der Waals surface area contributed by atoms with Gasteiger partial charge in [0.1, 0.15) is 0 Å². The highest BCUT2D eigenvalue weighted by Gasteiger charge is 2.50. The van der Waals surface area contributed by atoms with Gasteiger partial charge in [-0.15, -0.1) is 0 Å². The molecule has 24 heavy (non-hydrogen) atoms. The lowest BCUT2D eigenvalue weighted by Gasteiger charge is -2.27. The number of nitrogens with zero attached hydrogens (tertiary/aromatic N) is 1. The molecule has 0 bridgehead atoms. The van der Waals surface area contributed by atoms with Crippen molar-refractivity contribution in [3.63, 3.8) is 0 Å². The first-order valence-electron chi connectivity index (χ1n) is 8.81. The molecule has 0 aromatic heterocycles. The summed E-state index contributed by atoms with van der Waals surface area (Å²) in [5.74, 6) is -0.522. The van der Waals surface area contributed by atoms with Gasteiger partial charge in [-0.05, 0) is 32.6 Å². The summed E-state index contributed by atoms with van der Waals surface area (Å²) in [4.78, 5) is 26.5. The van der Waals surface area contributed by atoms with Crippen LogP contribution in [0.2, 0.25) is 0 Å². The summed E-state index contributed by atoms with van der Waals surface area (Å²) in [5, 5.41) is 2.88. The quantitative estimate of drug-likeness (QED) is 0.719. The topological polar surface area (TPSA) is 92.8 Å². The number of amides is 2. The molecule has 1 aliphatic carbocycles. The molecular formula is C16H26N2O5S. The average molecular weight is 358 g/mol. The Balaban J connectivity index is 1.49. The van der Waals surface area contributed by atoms with Crippen LogP contribution in [0.4, 0.5) is 0 Å². The maximum atomic E-state index is 12.6. The van der Waals surface area contributed by atoms with Crippen molar-refractivity contribution in [3.05, 3.63) is 0 Å². The summed E-state index contributed by atoms with van der Waals surface area (Å²) >= 11 is 0. The van der Waals surface area contributed by atoms with E-state index in [1.807, 2.05) is 6.92 Å². The normalized spacial score (nSPS) is 34.0. The first-order valence-corrected chi connectivity index (χ1v) is 10.6. The minimum absolute atomic E-state index is 0.0508. The summed E-state index contributed by atoms with van der Waals surface area (Å²) in [6.45, 7) is 3.60. The average Bonchev–Trinajstić information content (AvgIpc) is 3.02. The highest BCUT2D eigenvalue weighted by atomic mass is 32.2. The van der Waals surface area contributed by atoms with Gasteiger partial charge in [0, 0.05) is 25.7 Å². The number of rotatable bonds is 6. The zero-order valence-electron chi connectivity index (χ0n) is 14.1. The van der Waals surface area contributed by atoms with Crippen LogP contribution in [0.15, 0.2) is 0 Å². The van der Waals surface area contributed by atoms with Crippen LogP contribution in [0.1, 0.15) is 32.6 Å². The fraction of sp³-hybridized carbons (Fsp3) is 0.875. The van der Waals surface area contributed by atoms with Gasteiger partial charge in [0.15, 0.2) is 9.84 Å². The van der Waals surface area contributed by atoms with Crippen LogP contribution >= 0.6 is 0 Å². The minimum Gasteiger partial charge on any atom is -0.376 e. The van der Waals surface area contributed by atoms with Crippen LogP contribution in [0, 0.1) is 11.8 Å². The second-order valence-corrected chi connectivity index (χ2v) is 9.24. The first kappa shape index (κ1) is 17.7. The van der Waals surface area contributed by atoms with Crippen molar-refractivity contribution >= 4 is 21.7 Å². The Labute approximate surface area is 143 Å². The molecule has 3 fully saturated rings. The molecular weight excluding hydrogens is 332 g/mol. The molecule has 4 atom stereocenters. The molecule has 8 heteroatoms. The van der Waals surface area contributed by atoms with Crippen molar-refractivity contribution in [1.29, 1.82) is 0 Å². The van der Waals surface area contributed by atoms with Crippen LogP contribution in [0.3, 0.4) is 0 Å². The Bertz CT molecular complexity index is 600. The molecule has 0 radical (unpaired) electrons. The number of carbonyl (C=O) groups excluding carboxylic acids is 2. The van der Waals surface area contributed by atoms with E-state index >= 15 is 0 Å². The van der Waals surface area contributed by atoms with Crippen molar-refractivity contribution in [3.8, 4) is 0 Å². The van der Waals surface area contributed by atoms with E-state index in [0.717, 1.165) is 19.4 Å². The predicted octanol–water partition coefficient (Wildman–Crippen LogP) is -0.0467. The van der Waals surface area contributed by atoms with Gasteiger partial charge in [0.05, 0.1) is 29.4 Å². The Morgan fingerprint density at radius 2 is 2.04 bits per heavy atom. The molecule has 0 aromatic carbocycles. The van der Waals surface area contributed by atoms with Gasteiger partial charge in [-0.3, -0.25) is 9.59 Å². The maximum Gasteiger partial charge on any atom is 0.226 e. The zero-order chi connectivity index (χ0) is 17.3. The van der Waals surface area contributed by atoms with Gasteiger partial charge >= 0.3 is 0 Å². The third kappa shape index (κ3) is 3.91. The van der Waals surface area contributed by atoms with Crippen molar-refractivity contribution in [1.82, 2.24) is 10.2 Å². The molecule has 2 heterocycles. The second-order valence-electron chi connectivity index (χ2n) is 7.01. The van der Waals surface area contributed by atoms with E-state index < -0.39 is 9.84 Å². The monoisotopic (exact) mass is 358 g/mol. The van der Waals surface area contributed by atoms with Crippen LogP contribution in [-0.2, 0) is 24.2 Å². The van der Waals surface area contributed by atoms with Gasteiger partial charge in [-0.1, -0.05) is 0 Å². The number of ether oxygens (including phenoxy) is 1. The van der Waals surface area contributed by atoms with Crippen LogP contribution in [0.25, 0.3) is 0 Å². The fourth-order valence-corrected chi connectivity index (χ4v) is 5.47. The van der Waals surface area contributed by atoms with E-state index in [0.29, 0.717) is 25.9 Å². The highest BCUT2D eigenvalue weighted by Crippen LogP contribution is 2.41. The van der Waals surface area contributed by atoms with Crippen molar-refractivity contribution in [2.24, 2.45) is 11.8 Å². The molecule has 7 nitrogen and oxygen atoms in total. The third-order valence-electron chi connectivity index (χ3n) is 5.25. The molecule has 136 valence electrons. The van der Waals surface area contributed by atoms with Gasteiger partial charge in [0.25, 0.3) is 0 Å². The second kappa shape index (κ2) is 7.00. The number of carbonyl (C=O) groups is 2. The Kier molecular flexibility index (Phi) is 5.15. The van der Waals surface area contributed by atoms with E-state index in [1.54, 1.807) is 4.90 Å². The zero-order valence-corrected chi connectivity index (χ0v) is 14.9. The van der Waals surface area contributed by atoms with Gasteiger partial charge in [0.2, 0.25) is 11.8 Å².